The first-order valence-electron chi connectivity index (χ1n) is 8.55. The van der Waals surface area contributed by atoms with Crippen molar-refractivity contribution < 1.29 is 9.66 Å². The van der Waals surface area contributed by atoms with Gasteiger partial charge in [-0.05, 0) is 48.0 Å². The fourth-order valence-corrected chi connectivity index (χ4v) is 3.56. The quantitative estimate of drug-likeness (QED) is 0.277. The molecule has 2 aromatic carbocycles. The molecule has 0 amide bonds. The maximum atomic E-state index is 12.6. The summed E-state index contributed by atoms with van der Waals surface area (Å²) in [4.78, 5) is 27.8. The molecule has 0 saturated heterocycles. The molecule has 0 fully saturated rings. The van der Waals surface area contributed by atoms with Crippen molar-refractivity contribution in [2.45, 2.75) is 0 Å². The first kappa shape index (κ1) is 18.5. The van der Waals surface area contributed by atoms with Gasteiger partial charge in [0.2, 0.25) is 4.96 Å². The molecule has 2 aromatic heterocycles. The van der Waals surface area contributed by atoms with Gasteiger partial charge in [-0.3, -0.25) is 14.9 Å². The monoisotopic (exact) mass is 406 g/mol. The van der Waals surface area contributed by atoms with E-state index in [0.717, 1.165) is 5.56 Å². The van der Waals surface area contributed by atoms with Gasteiger partial charge in [-0.1, -0.05) is 24.0 Å². The number of hydrogen-bond donors (Lipinski definition) is 0. The van der Waals surface area contributed by atoms with Gasteiger partial charge >= 0.3 is 0 Å². The number of hydrogen-bond acceptors (Lipinski definition) is 7. The number of fused-ring (bicyclic) bond motifs is 1. The number of benzene rings is 2. The summed E-state index contributed by atoms with van der Waals surface area (Å²) in [5.74, 6) is 1.16. The number of thiazole rings is 1. The first-order valence-corrected chi connectivity index (χ1v) is 9.37. The molecular weight excluding hydrogens is 392 g/mol. The molecular formula is C20H14N4O4S. The summed E-state index contributed by atoms with van der Waals surface area (Å²) < 4.78 is 7.16. The highest BCUT2D eigenvalue weighted by atomic mass is 32.1. The minimum absolute atomic E-state index is 0.00213. The second-order valence-electron chi connectivity index (χ2n) is 6.02. The van der Waals surface area contributed by atoms with E-state index in [2.05, 4.69) is 16.7 Å². The van der Waals surface area contributed by atoms with E-state index in [4.69, 9.17) is 4.74 Å². The van der Waals surface area contributed by atoms with Crippen molar-refractivity contribution in [3.8, 4) is 17.1 Å². The molecule has 29 heavy (non-hydrogen) atoms. The average molecular weight is 406 g/mol. The molecule has 2 heterocycles. The van der Waals surface area contributed by atoms with E-state index in [-0.39, 0.29) is 11.2 Å². The van der Waals surface area contributed by atoms with Crippen LogP contribution in [0.1, 0.15) is 5.56 Å². The van der Waals surface area contributed by atoms with Crippen LogP contribution in [-0.2, 0) is 0 Å². The summed E-state index contributed by atoms with van der Waals surface area (Å²) in [5.41, 5.74) is 1.17. The largest absolute Gasteiger partial charge is 0.490 e. The van der Waals surface area contributed by atoms with Gasteiger partial charge in [-0.2, -0.15) is 9.50 Å². The Morgan fingerprint density at radius 3 is 2.52 bits per heavy atom. The number of aromatic nitrogens is 3. The zero-order chi connectivity index (χ0) is 20.4. The number of rotatable bonds is 6. The van der Waals surface area contributed by atoms with Crippen LogP contribution in [0, 0.1) is 10.1 Å². The predicted octanol–water partition coefficient (Wildman–Crippen LogP) is 2.84. The number of nitrogens with zero attached hydrogens (tertiary/aromatic N) is 4. The summed E-state index contributed by atoms with van der Waals surface area (Å²) in [5, 5.41) is 15.0. The Labute approximate surface area is 168 Å². The maximum absolute atomic E-state index is 12.6. The lowest BCUT2D eigenvalue weighted by Gasteiger charge is -2.02. The molecule has 144 valence electrons. The fourth-order valence-electron chi connectivity index (χ4n) is 2.66. The lowest BCUT2D eigenvalue weighted by molar-refractivity contribution is -0.384. The Bertz CT molecular complexity index is 1310. The molecule has 4 rings (SSSR count). The fraction of sp³-hybridized carbons (Fsp3) is 0.0500. The molecule has 0 atom stereocenters. The predicted molar refractivity (Wildman–Crippen MR) is 110 cm³/mol. The molecule has 0 spiro atoms. The summed E-state index contributed by atoms with van der Waals surface area (Å²) in [7, 11) is 0. The lowest BCUT2D eigenvalue weighted by atomic mass is 10.2. The van der Waals surface area contributed by atoms with E-state index < -0.39 is 4.92 Å². The van der Waals surface area contributed by atoms with Crippen LogP contribution in [-0.4, -0.2) is 26.1 Å². The van der Waals surface area contributed by atoms with Crippen LogP contribution in [0.25, 0.3) is 22.4 Å². The minimum Gasteiger partial charge on any atom is -0.490 e. The van der Waals surface area contributed by atoms with Crippen LogP contribution >= 0.6 is 11.3 Å². The van der Waals surface area contributed by atoms with Crippen molar-refractivity contribution >= 4 is 28.1 Å². The van der Waals surface area contributed by atoms with Gasteiger partial charge in [0.1, 0.15) is 12.4 Å². The highest BCUT2D eigenvalue weighted by Crippen LogP contribution is 2.20. The van der Waals surface area contributed by atoms with E-state index in [0.29, 0.717) is 33.2 Å². The lowest BCUT2D eigenvalue weighted by Crippen LogP contribution is -2.23. The third-order valence-electron chi connectivity index (χ3n) is 4.06. The third kappa shape index (κ3) is 3.76. The van der Waals surface area contributed by atoms with Crippen molar-refractivity contribution in [1.29, 1.82) is 0 Å². The molecule has 0 N–H and O–H groups in total. The van der Waals surface area contributed by atoms with Crippen LogP contribution in [0.5, 0.6) is 5.75 Å². The first-order chi connectivity index (χ1) is 14.0. The molecule has 9 heteroatoms. The Morgan fingerprint density at radius 1 is 1.17 bits per heavy atom. The van der Waals surface area contributed by atoms with Gasteiger partial charge in [0.15, 0.2) is 5.82 Å². The van der Waals surface area contributed by atoms with Gasteiger partial charge in [0.25, 0.3) is 11.2 Å². The van der Waals surface area contributed by atoms with Crippen molar-refractivity contribution in [2.24, 2.45) is 0 Å². The SMILES string of the molecule is C=CCOc1ccc(-c2nc3sc(=Cc4ccc([N+](=O)[O-])cc4)c(=O)n3n2)cc1. The van der Waals surface area contributed by atoms with E-state index in [1.165, 1.54) is 28.0 Å². The number of nitro benzene ring substituents is 1. The summed E-state index contributed by atoms with van der Waals surface area (Å²) >= 11 is 1.21. The van der Waals surface area contributed by atoms with Gasteiger partial charge in [0.05, 0.1) is 9.46 Å². The summed E-state index contributed by atoms with van der Waals surface area (Å²) in [6.45, 7) is 4.03. The second kappa shape index (κ2) is 7.64. The van der Waals surface area contributed by atoms with Gasteiger partial charge in [0, 0.05) is 17.7 Å². The molecule has 0 radical (unpaired) electrons. The molecule has 0 aliphatic rings. The van der Waals surface area contributed by atoms with Crippen LogP contribution < -0.4 is 14.8 Å². The normalized spacial score (nSPS) is 11.7. The maximum Gasteiger partial charge on any atom is 0.291 e. The zero-order valence-corrected chi connectivity index (χ0v) is 15.8. The highest BCUT2D eigenvalue weighted by Gasteiger charge is 2.12. The van der Waals surface area contributed by atoms with Crippen LogP contribution in [0.3, 0.4) is 0 Å². The van der Waals surface area contributed by atoms with E-state index in [9.17, 15) is 14.9 Å². The molecule has 0 aliphatic heterocycles. The summed E-state index contributed by atoms with van der Waals surface area (Å²) in [6, 6.07) is 13.2. The molecule has 4 aromatic rings. The van der Waals surface area contributed by atoms with Gasteiger partial charge in [-0.25, -0.2) is 0 Å². The van der Waals surface area contributed by atoms with Gasteiger partial charge in [-0.15, -0.1) is 5.10 Å². The van der Waals surface area contributed by atoms with E-state index >= 15 is 0 Å². The molecule has 0 aliphatic carbocycles. The number of non-ortho nitro benzene ring substituents is 1. The van der Waals surface area contributed by atoms with Crippen LogP contribution in [0.15, 0.2) is 66.0 Å². The molecule has 8 nitrogen and oxygen atoms in total. The van der Waals surface area contributed by atoms with Crippen LogP contribution in [0.4, 0.5) is 5.69 Å². The summed E-state index contributed by atoms with van der Waals surface area (Å²) in [6.07, 6.45) is 3.33. The van der Waals surface area contributed by atoms with Crippen molar-refractivity contribution in [2.75, 3.05) is 6.61 Å². The van der Waals surface area contributed by atoms with Crippen LogP contribution in [0.2, 0.25) is 0 Å². The Balaban J connectivity index is 1.64. The number of ether oxygens (including phenoxy) is 1. The number of nitro groups is 1. The average Bonchev–Trinajstić information content (AvgIpc) is 3.27. The second-order valence-corrected chi connectivity index (χ2v) is 7.03. The third-order valence-corrected chi connectivity index (χ3v) is 5.02. The Morgan fingerprint density at radius 2 is 1.90 bits per heavy atom. The topological polar surface area (TPSA) is 99.6 Å². The highest BCUT2D eigenvalue weighted by molar-refractivity contribution is 7.15. The zero-order valence-electron chi connectivity index (χ0n) is 15.0. The van der Waals surface area contributed by atoms with Crippen molar-refractivity contribution in [1.82, 2.24) is 14.6 Å². The van der Waals surface area contributed by atoms with Gasteiger partial charge < -0.3 is 4.74 Å². The molecule has 0 bridgehead atoms. The minimum atomic E-state index is -0.467. The standard InChI is InChI=1S/C20H14N4O4S/c1-2-11-28-16-9-5-14(6-10-16)18-21-20-23(22-18)19(25)17(29-20)12-13-3-7-15(8-4-13)24(26)27/h2-10,12H,1,11H2. The van der Waals surface area contributed by atoms with E-state index in [1.807, 2.05) is 12.1 Å². The van der Waals surface area contributed by atoms with Crippen molar-refractivity contribution in [3.05, 3.63) is 91.7 Å². The van der Waals surface area contributed by atoms with E-state index in [1.54, 1.807) is 36.4 Å². The van der Waals surface area contributed by atoms with Crippen molar-refractivity contribution in [3.63, 3.8) is 0 Å². The smallest absolute Gasteiger partial charge is 0.291 e. The Kier molecular flexibility index (Phi) is 4.88. The molecule has 0 unspecified atom stereocenters. The Hall–Kier alpha value is -3.85. The molecule has 0 saturated carbocycles.